The molecule has 1 aliphatic heterocycles. The second-order valence-corrected chi connectivity index (χ2v) is 7.98. The highest BCUT2D eigenvalue weighted by molar-refractivity contribution is 6.46. The number of imide groups is 1. The molecular weight excluding hydrogens is 447 g/mol. The van der Waals surface area contributed by atoms with Gasteiger partial charge in [0.2, 0.25) is 0 Å². The molecule has 0 aliphatic carbocycles. The number of nitrogens with one attached hydrogen (secondary N) is 1. The zero-order chi connectivity index (χ0) is 22.8. The van der Waals surface area contributed by atoms with E-state index in [0.717, 1.165) is 10.5 Å². The van der Waals surface area contributed by atoms with Crippen molar-refractivity contribution in [1.82, 2.24) is 0 Å². The number of carbonyl (C=O) groups excluding carboxylic acids is 2. The molecule has 1 N–H and O–H groups in total. The monoisotopic (exact) mass is 466 g/mol. The number of anilines is 2. The zero-order valence-electron chi connectivity index (χ0n) is 17.5. The van der Waals surface area contributed by atoms with E-state index < -0.39 is 11.8 Å². The minimum Gasteiger partial charge on any atom is -0.492 e. The molecule has 0 radical (unpaired) electrons. The molecule has 2 amide bonds. The Morgan fingerprint density at radius 1 is 0.906 bits per heavy atom. The first kappa shape index (κ1) is 21.9. The minimum atomic E-state index is -0.480. The van der Waals surface area contributed by atoms with Crippen LogP contribution >= 0.6 is 23.2 Å². The SMILES string of the molecule is CCOc1ccccc1N1C(=O)C(Nc2cccc(Cl)c2C)=C(c2ccc(Cl)cc2)C1=O. The zero-order valence-corrected chi connectivity index (χ0v) is 19.0. The largest absolute Gasteiger partial charge is 0.492 e. The maximum atomic E-state index is 13.6. The molecule has 32 heavy (non-hydrogen) atoms. The van der Waals surface area contributed by atoms with Crippen LogP contribution in [0, 0.1) is 6.92 Å². The third-order valence-electron chi connectivity index (χ3n) is 5.15. The Kier molecular flexibility index (Phi) is 6.21. The summed E-state index contributed by atoms with van der Waals surface area (Å²) in [5.74, 6) is -0.481. The van der Waals surface area contributed by atoms with E-state index in [1.54, 1.807) is 60.7 Å². The lowest BCUT2D eigenvalue weighted by atomic mass is 10.0. The predicted octanol–water partition coefficient (Wildman–Crippen LogP) is 6.10. The molecule has 3 aromatic carbocycles. The fraction of sp³-hybridized carbons (Fsp3) is 0.120. The summed E-state index contributed by atoms with van der Waals surface area (Å²) in [7, 11) is 0. The molecule has 0 unspecified atom stereocenters. The van der Waals surface area contributed by atoms with Crippen molar-refractivity contribution in [3.05, 3.63) is 93.6 Å². The van der Waals surface area contributed by atoms with Crippen molar-refractivity contribution in [3.63, 3.8) is 0 Å². The highest BCUT2D eigenvalue weighted by Gasteiger charge is 2.41. The van der Waals surface area contributed by atoms with E-state index in [2.05, 4.69) is 5.32 Å². The van der Waals surface area contributed by atoms with Crippen LogP contribution in [0.5, 0.6) is 5.75 Å². The molecule has 0 saturated heterocycles. The first-order valence-corrected chi connectivity index (χ1v) is 10.8. The van der Waals surface area contributed by atoms with Crippen LogP contribution in [-0.2, 0) is 9.59 Å². The molecule has 162 valence electrons. The van der Waals surface area contributed by atoms with Gasteiger partial charge in [0.1, 0.15) is 11.4 Å². The lowest BCUT2D eigenvalue weighted by molar-refractivity contribution is -0.120. The summed E-state index contributed by atoms with van der Waals surface area (Å²) in [5.41, 5.74) is 2.78. The highest BCUT2D eigenvalue weighted by atomic mass is 35.5. The van der Waals surface area contributed by atoms with Crippen LogP contribution in [0.2, 0.25) is 10.0 Å². The first-order valence-electron chi connectivity index (χ1n) is 10.0. The molecule has 1 aliphatic rings. The first-order chi connectivity index (χ1) is 15.4. The van der Waals surface area contributed by atoms with Gasteiger partial charge in [-0.15, -0.1) is 0 Å². The van der Waals surface area contributed by atoms with Crippen molar-refractivity contribution in [2.45, 2.75) is 13.8 Å². The Bertz CT molecular complexity index is 1240. The summed E-state index contributed by atoms with van der Waals surface area (Å²) in [5, 5.41) is 4.24. The Morgan fingerprint density at radius 3 is 2.34 bits per heavy atom. The van der Waals surface area contributed by atoms with E-state index in [1.165, 1.54) is 0 Å². The molecule has 0 spiro atoms. The maximum absolute atomic E-state index is 13.6. The van der Waals surface area contributed by atoms with E-state index in [1.807, 2.05) is 19.9 Å². The van der Waals surface area contributed by atoms with E-state index in [4.69, 9.17) is 27.9 Å². The molecule has 7 heteroatoms. The van der Waals surface area contributed by atoms with Gasteiger partial charge in [0.05, 0.1) is 17.9 Å². The number of benzene rings is 3. The summed E-state index contributed by atoms with van der Waals surface area (Å²) >= 11 is 12.3. The topological polar surface area (TPSA) is 58.6 Å². The van der Waals surface area contributed by atoms with E-state index >= 15 is 0 Å². The normalized spacial score (nSPS) is 13.7. The van der Waals surface area contributed by atoms with Crippen LogP contribution < -0.4 is 15.0 Å². The number of amides is 2. The summed E-state index contributed by atoms with van der Waals surface area (Å²) in [6.07, 6.45) is 0. The van der Waals surface area contributed by atoms with Crippen molar-refractivity contribution in [2.75, 3.05) is 16.8 Å². The number of ether oxygens (including phenoxy) is 1. The van der Waals surface area contributed by atoms with E-state index in [9.17, 15) is 9.59 Å². The van der Waals surface area contributed by atoms with Crippen LogP contribution in [-0.4, -0.2) is 18.4 Å². The molecule has 1 heterocycles. The average Bonchev–Trinajstić information content (AvgIpc) is 3.02. The van der Waals surface area contributed by atoms with Crippen molar-refractivity contribution in [2.24, 2.45) is 0 Å². The van der Waals surface area contributed by atoms with Gasteiger partial charge in [-0.3, -0.25) is 9.59 Å². The summed E-state index contributed by atoms with van der Waals surface area (Å²) in [6, 6.07) is 19.1. The van der Waals surface area contributed by atoms with Gasteiger partial charge in [-0.2, -0.15) is 0 Å². The van der Waals surface area contributed by atoms with Gasteiger partial charge in [-0.25, -0.2) is 4.90 Å². The van der Waals surface area contributed by atoms with Crippen molar-refractivity contribution in [3.8, 4) is 5.75 Å². The minimum absolute atomic E-state index is 0.161. The molecule has 0 atom stereocenters. The molecular formula is C25H20Cl2N2O3. The quantitative estimate of drug-likeness (QED) is 0.446. The van der Waals surface area contributed by atoms with Crippen molar-refractivity contribution < 1.29 is 14.3 Å². The number of nitrogens with zero attached hydrogens (tertiary/aromatic N) is 1. The van der Waals surface area contributed by atoms with Crippen molar-refractivity contribution in [1.29, 1.82) is 0 Å². The van der Waals surface area contributed by atoms with Gasteiger partial charge in [-0.05, 0) is 61.4 Å². The lowest BCUT2D eigenvalue weighted by Crippen LogP contribution is -2.32. The fourth-order valence-corrected chi connectivity index (χ4v) is 3.85. The van der Waals surface area contributed by atoms with Gasteiger partial charge in [-0.1, -0.05) is 53.5 Å². The Labute approximate surface area is 196 Å². The van der Waals surface area contributed by atoms with Gasteiger partial charge in [0.25, 0.3) is 11.8 Å². The number of carbonyl (C=O) groups is 2. The maximum Gasteiger partial charge on any atom is 0.282 e. The van der Waals surface area contributed by atoms with Crippen molar-refractivity contribution >= 4 is 52.0 Å². The van der Waals surface area contributed by atoms with E-state index in [-0.39, 0.29) is 11.3 Å². The van der Waals surface area contributed by atoms with Crippen LogP contribution in [0.3, 0.4) is 0 Å². The van der Waals surface area contributed by atoms with Gasteiger partial charge in [0.15, 0.2) is 0 Å². The van der Waals surface area contributed by atoms with Gasteiger partial charge in [0, 0.05) is 15.7 Å². The summed E-state index contributed by atoms with van der Waals surface area (Å²) < 4.78 is 5.67. The number of hydrogen-bond acceptors (Lipinski definition) is 4. The number of para-hydroxylation sites is 2. The molecule has 0 bridgehead atoms. The van der Waals surface area contributed by atoms with Crippen LogP contribution in [0.1, 0.15) is 18.1 Å². The summed E-state index contributed by atoms with van der Waals surface area (Å²) in [4.78, 5) is 28.3. The third kappa shape index (κ3) is 3.97. The van der Waals surface area contributed by atoms with Crippen LogP contribution in [0.15, 0.2) is 72.4 Å². The van der Waals surface area contributed by atoms with Crippen LogP contribution in [0.25, 0.3) is 5.57 Å². The third-order valence-corrected chi connectivity index (χ3v) is 5.81. The number of rotatable bonds is 6. The molecule has 3 aromatic rings. The Balaban J connectivity index is 1.86. The predicted molar refractivity (Wildman–Crippen MR) is 128 cm³/mol. The molecule has 5 nitrogen and oxygen atoms in total. The van der Waals surface area contributed by atoms with Gasteiger partial charge < -0.3 is 10.1 Å². The van der Waals surface area contributed by atoms with Gasteiger partial charge >= 0.3 is 0 Å². The fourth-order valence-electron chi connectivity index (χ4n) is 3.55. The molecule has 0 aromatic heterocycles. The summed E-state index contributed by atoms with van der Waals surface area (Å²) in [6.45, 7) is 4.09. The molecule has 0 fully saturated rings. The highest BCUT2D eigenvalue weighted by Crippen LogP contribution is 2.38. The lowest BCUT2D eigenvalue weighted by Gasteiger charge is -2.19. The second kappa shape index (κ2) is 9.07. The standard InChI is InChI=1S/C25H20Cl2N2O3/c1-3-32-21-10-5-4-9-20(21)29-24(30)22(16-11-13-17(26)14-12-16)23(25(29)31)28-19-8-6-7-18(27)15(19)2/h4-14,28H,3H2,1-2H3. The number of hydrogen-bond donors (Lipinski definition) is 1. The van der Waals surface area contributed by atoms with Crippen LogP contribution in [0.4, 0.5) is 11.4 Å². The Morgan fingerprint density at radius 2 is 1.62 bits per heavy atom. The molecule has 0 saturated carbocycles. The van der Waals surface area contributed by atoms with E-state index in [0.29, 0.717) is 39.3 Å². The smallest absolute Gasteiger partial charge is 0.282 e. The number of halogens is 2. The molecule has 4 rings (SSSR count). The average molecular weight is 467 g/mol. The second-order valence-electron chi connectivity index (χ2n) is 7.14. The Hall–Kier alpha value is -3.28.